The van der Waals surface area contributed by atoms with E-state index in [1.807, 2.05) is 50.2 Å². The monoisotopic (exact) mass is 480 g/mol. The quantitative estimate of drug-likeness (QED) is 0.418. The zero-order chi connectivity index (χ0) is 25.2. The van der Waals surface area contributed by atoms with Crippen LogP contribution in [-0.2, 0) is 4.79 Å². The maximum absolute atomic E-state index is 12.8. The summed E-state index contributed by atoms with van der Waals surface area (Å²) in [7, 11) is 1.56. The van der Waals surface area contributed by atoms with Crippen molar-refractivity contribution in [2.45, 2.75) is 26.2 Å². The van der Waals surface area contributed by atoms with Crippen molar-refractivity contribution in [2.24, 2.45) is 0 Å². The molecule has 0 saturated heterocycles. The largest absolute Gasteiger partial charge is 0.493 e. The zero-order valence-electron chi connectivity index (χ0n) is 20.1. The first-order valence-corrected chi connectivity index (χ1v) is 11.4. The molecule has 5 rings (SSSR count). The molecule has 1 atom stereocenters. The van der Waals surface area contributed by atoms with Gasteiger partial charge in [-0.15, -0.1) is 11.5 Å². The lowest BCUT2D eigenvalue weighted by molar-refractivity contribution is -0.116. The van der Waals surface area contributed by atoms with E-state index >= 15 is 0 Å². The van der Waals surface area contributed by atoms with E-state index in [0.29, 0.717) is 23.0 Å². The van der Waals surface area contributed by atoms with Gasteiger partial charge in [0.25, 0.3) is 5.95 Å². The number of terminal acetylenes is 1. The molecule has 0 unspecified atom stereocenters. The molecule has 0 spiro atoms. The summed E-state index contributed by atoms with van der Waals surface area (Å²) in [5.74, 6) is 3.95. The summed E-state index contributed by atoms with van der Waals surface area (Å²) < 4.78 is 12.6. The third-order valence-electron chi connectivity index (χ3n) is 6.09. The van der Waals surface area contributed by atoms with E-state index in [9.17, 15) is 4.79 Å². The Bertz CT molecular complexity index is 1490. The highest BCUT2D eigenvalue weighted by atomic mass is 16.5. The number of carbonyl (C=O) groups is 1. The Hall–Kier alpha value is -4.71. The number of amides is 1. The SMILES string of the molecule is C#CCOc1ccc([C@@H]2CC(=O)Nc3c2c(C)nn3-c2nncc(-c3ccc(C)cc3)n2)cc1OC. The summed E-state index contributed by atoms with van der Waals surface area (Å²) in [6.07, 6.45) is 7.18. The number of hydrogen-bond donors (Lipinski definition) is 1. The van der Waals surface area contributed by atoms with Gasteiger partial charge in [-0.3, -0.25) is 4.79 Å². The second kappa shape index (κ2) is 9.50. The molecule has 1 aliphatic rings. The minimum absolute atomic E-state index is 0.132. The van der Waals surface area contributed by atoms with E-state index in [2.05, 4.69) is 31.5 Å². The van der Waals surface area contributed by atoms with Gasteiger partial charge in [-0.1, -0.05) is 41.8 Å². The number of fused-ring (bicyclic) bond motifs is 1. The standard InChI is InChI=1S/C27H24N6O3/c1-5-12-36-22-11-10-19(13-23(22)35-4)20-14-24(34)30-26-25(20)17(3)32-33(26)27-29-21(15-28-31-27)18-8-6-16(2)7-9-18/h1,6-11,13,15,20H,12,14H2,2-4H3,(H,30,34)/t20-/m0/s1. The van der Waals surface area contributed by atoms with Crippen molar-refractivity contribution in [3.8, 4) is 41.0 Å². The number of ether oxygens (including phenoxy) is 2. The summed E-state index contributed by atoms with van der Waals surface area (Å²) in [6, 6.07) is 13.6. The highest BCUT2D eigenvalue weighted by Gasteiger charge is 2.33. The molecule has 3 heterocycles. The summed E-state index contributed by atoms with van der Waals surface area (Å²) in [5.41, 5.74) is 5.26. The van der Waals surface area contributed by atoms with Crippen molar-refractivity contribution in [1.82, 2.24) is 25.0 Å². The molecule has 0 radical (unpaired) electrons. The number of nitrogens with zero attached hydrogens (tertiary/aromatic N) is 5. The maximum Gasteiger partial charge on any atom is 0.272 e. The van der Waals surface area contributed by atoms with Crippen LogP contribution < -0.4 is 14.8 Å². The van der Waals surface area contributed by atoms with E-state index < -0.39 is 0 Å². The van der Waals surface area contributed by atoms with E-state index in [0.717, 1.165) is 27.9 Å². The van der Waals surface area contributed by atoms with Gasteiger partial charge in [0.15, 0.2) is 11.5 Å². The molecule has 4 aromatic rings. The average molecular weight is 481 g/mol. The van der Waals surface area contributed by atoms with E-state index in [4.69, 9.17) is 15.9 Å². The molecular formula is C27H24N6O3. The minimum Gasteiger partial charge on any atom is -0.493 e. The van der Waals surface area contributed by atoms with Gasteiger partial charge in [0.2, 0.25) is 5.91 Å². The number of aryl methyl sites for hydroxylation is 2. The van der Waals surface area contributed by atoms with Crippen molar-refractivity contribution in [1.29, 1.82) is 0 Å². The number of rotatable bonds is 6. The lowest BCUT2D eigenvalue weighted by atomic mass is 9.85. The van der Waals surface area contributed by atoms with E-state index in [-0.39, 0.29) is 30.8 Å². The molecule has 2 aromatic heterocycles. The first-order chi connectivity index (χ1) is 17.5. The molecule has 0 bridgehead atoms. The van der Waals surface area contributed by atoms with Crippen LogP contribution in [0.5, 0.6) is 11.5 Å². The molecular weight excluding hydrogens is 456 g/mol. The Morgan fingerprint density at radius 1 is 1.17 bits per heavy atom. The van der Waals surface area contributed by atoms with Crippen LogP contribution in [0.4, 0.5) is 5.82 Å². The molecule has 0 saturated carbocycles. The first kappa shape index (κ1) is 23.1. The van der Waals surface area contributed by atoms with Gasteiger partial charge in [0.05, 0.1) is 24.7 Å². The van der Waals surface area contributed by atoms with Crippen LogP contribution in [-0.4, -0.2) is 44.6 Å². The lowest BCUT2D eigenvalue weighted by Gasteiger charge is -2.24. The van der Waals surface area contributed by atoms with Gasteiger partial charge >= 0.3 is 0 Å². The van der Waals surface area contributed by atoms with E-state index in [1.165, 1.54) is 0 Å². The second-order valence-electron chi connectivity index (χ2n) is 8.48. The summed E-state index contributed by atoms with van der Waals surface area (Å²) >= 11 is 0. The van der Waals surface area contributed by atoms with Crippen molar-refractivity contribution in [3.63, 3.8) is 0 Å². The normalized spacial score (nSPS) is 14.5. The Morgan fingerprint density at radius 2 is 1.97 bits per heavy atom. The molecule has 9 nitrogen and oxygen atoms in total. The number of carbonyl (C=O) groups excluding carboxylic acids is 1. The Kier molecular flexibility index (Phi) is 6.09. The molecule has 180 valence electrons. The van der Waals surface area contributed by atoms with Crippen molar-refractivity contribution >= 4 is 11.7 Å². The number of aromatic nitrogens is 5. The fourth-order valence-electron chi connectivity index (χ4n) is 4.36. The van der Waals surface area contributed by atoms with E-state index in [1.54, 1.807) is 24.1 Å². The molecule has 0 fully saturated rings. The van der Waals surface area contributed by atoms with Gasteiger partial charge < -0.3 is 14.8 Å². The molecule has 36 heavy (non-hydrogen) atoms. The highest BCUT2D eigenvalue weighted by Crippen LogP contribution is 2.42. The average Bonchev–Trinajstić information content (AvgIpc) is 3.23. The molecule has 1 aliphatic heterocycles. The number of anilines is 1. The summed E-state index contributed by atoms with van der Waals surface area (Å²) in [6.45, 7) is 4.06. The Morgan fingerprint density at radius 3 is 2.72 bits per heavy atom. The number of benzene rings is 2. The van der Waals surface area contributed by atoms with Crippen LogP contribution in [0.1, 0.15) is 34.7 Å². The van der Waals surface area contributed by atoms with Gasteiger partial charge in [0, 0.05) is 23.5 Å². The summed E-state index contributed by atoms with van der Waals surface area (Å²) in [4.78, 5) is 17.5. The summed E-state index contributed by atoms with van der Waals surface area (Å²) in [5, 5.41) is 16.0. The van der Waals surface area contributed by atoms with Crippen LogP contribution in [0.3, 0.4) is 0 Å². The van der Waals surface area contributed by atoms with Crippen molar-refractivity contribution in [2.75, 3.05) is 19.0 Å². The number of methoxy groups -OCH3 is 1. The maximum atomic E-state index is 12.8. The van der Waals surface area contributed by atoms with Gasteiger partial charge in [-0.05, 0) is 31.5 Å². The lowest BCUT2D eigenvalue weighted by Crippen LogP contribution is -2.25. The predicted molar refractivity (Wildman–Crippen MR) is 134 cm³/mol. The van der Waals surface area contributed by atoms with Crippen LogP contribution in [0.15, 0.2) is 48.7 Å². The van der Waals surface area contributed by atoms with Gasteiger partial charge in [-0.25, -0.2) is 4.98 Å². The first-order valence-electron chi connectivity index (χ1n) is 11.4. The van der Waals surface area contributed by atoms with Crippen LogP contribution in [0.2, 0.25) is 0 Å². The predicted octanol–water partition coefficient (Wildman–Crippen LogP) is 3.84. The third-order valence-corrected chi connectivity index (χ3v) is 6.09. The number of nitrogens with one attached hydrogen (secondary N) is 1. The topological polar surface area (TPSA) is 104 Å². The molecule has 2 aromatic carbocycles. The molecule has 1 N–H and O–H groups in total. The van der Waals surface area contributed by atoms with Crippen LogP contribution in [0.25, 0.3) is 17.2 Å². The van der Waals surface area contributed by atoms with Gasteiger partial charge in [-0.2, -0.15) is 14.9 Å². The molecule has 0 aliphatic carbocycles. The van der Waals surface area contributed by atoms with Crippen LogP contribution >= 0.6 is 0 Å². The van der Waals surface area contributed by atoms with Gasteiger partial charge in [0.1, 0.15) is 12.4 Å². The smallest absolute Gasteiger partial charge is 0.272 e. The number of hydrogen-bond acceptors (Lipinski definition) is 7. The fraction of sp³-hybridized carbons (Fsp3) is 0.222. The minimum atomic E-state index is -0.244. The Balaban J connectivity index is 1.56. The van der Waals surface area contributed by atoms with Crippen molar-refractivity contribution in [3.05, 3.63) is 71.0 Å². The highest BCUT2D eigenvalue weighted by molar-refractivity contribution is 5.95. The fourth-order valence-corrected chi connectivity index (χ4v) is 4.36. The molecule has 9 heteroatoms. The Labute approximate surface area is 208 Å². The van der Waals surface area contributed by atoms with Crippen molar-refractivity contribution < 1.29 is 14.3 Å². The third kappa shape index (κ3) is 4.25. The zero-order valence-corrected chi connectivity index (χ0v) is 20.1. The van der Waals surface area contributed by atoms with Crippen LogP contribution in [0, 0.1) is 26.2 Å². The molecule has 1 amide bonds. The second-order valence-corrected chi connectivity index (χ2v) is 8.48.